The largest absolute Gasteiger partial charge is 0.506 e. The van der Waals surface area contributed by atoms with Crippen LogP contribution < -0.4 is 4.74 Å². The lowest BCUT2D eigenvalue weighted by Gasteiger charge is -2.22. The average Bonchev–Trinajstić information content (AvgIpc) is 3.28. The summed E-state index contributed by atoms with van der Waals surface area (Å²) in [4.78, 5) is 6.39. The molecule has 2 aromatic rings. The number of likely N-dealkylation sites (tertiary alicyclic amines) is 1. The Labute approximate surface area is 172 Å². The first kappa shape index (κ1) is 21.1. The van der Waals surface area contributed by atoms with Crippen molar-refractivity contribution in [1.29, 1.82) is 5.26 Å². The zero-order chi connectivity index (χ0) is 20.8. The van der Waals surface area contributed by atoms with Crippen molar-refractivity contribution in [3.8, 4) is 17.6 Å². The van der Waals surface area contributed by atoms with Crippen LogP contribution in [-0.2, 0) is 0 Å². The van der Waals surface area contributed by atoms with Crippen molar-refractivity contribution < 1.29 is 14.9 Å². The van der Waals surface area contributed by atoms with Crippen LogP contribution in [0.5, 0.6) is 11.5 Å². The number of nitriles is 1. The molecule has 3 atom stereocenters. The molecule has 2 N–H and O–H groups in total. The molecule has 1 saturated heterocycles. The van der Waals surface area contributed by atoms with Crippen molar-refractivity contribution in [2.75, 3.05) is 19.6 Å². The Bertz CT molecular complexity index is 803. The monoisotopic (exact) mass is 395 g/mol. The molecule has 1 aliphatic heterocycles. The molecule has 3 unspecified atom stereocenters. The quantitative estimate of drug-likeness (QED) is 0.805. The van der Waals surface area contributed by atoms with Crippen LogP contribution in [0.25, 0.3) is 0 Å². The second-order valence-corrected chi connectivity index (χ2v) is 7.54. The Balaban J connectivity index is 0.00000117. The first-order valence-corrected chi connectivity index (χ1v) is 10.3. The second kappa shape index (κ2) is 9.73. The molecule has 29 heavy (non-hydrogen) atoms. The minimum Gasteiger partial charge on any atom is -0.506 e. The number of nitrogens with zero attached hydrogens (tertiary/aromatic N) is 3. The Morgan fingerprint density at radius 3 is 2.34 bits per heavy atom. The van der Waals surface area contributed by atoms with E-state index in [0.717, 1.165) is 31.7 Å². The van der Waals surface area contributed by atoms with Crippen molar-refractivity contribution >= 4 is 0 Å². The van der Waals surface area contributed by atoms with Gasteiger partial charge >= 0.3 is 0 Å². The molecule has 154 valence electrons. The fourth-order valence-electron chi connectivity index (χ4n) is 4.32. The SMILES string of the molecule is CC.N#Cc1ccc(OC2CC3CN(CC(O)c4ccc(O)cn4)CC3C2)cc1. The normalized spacial score (nSPS) is 24.1. The predicted octanol–water partition coefficient (Wildman–Crippen LogP) is 3.51. The smallest absolute Gasteiger partial charge is 0.133 e. The Morgan fingerprint density at radius 1 is 1.14 bits per heavy atom. The van der Waals surface area contributed by atoms with Gasteiger partial charge in [0.1, 0.15) is 17.6 Å². The maximum atomic E-state index is 10.4. The molecule has 0 bridgehead atoms. The van der Waals surface area contributed by atoms with E-state index in [1.807, 2.05) is 26.0 Å². The van der Waals surface area contributed by atoms with E-state index in [1.165, 1.54) is 6.20 Å². The third-order valence-electron chi connectivity index (χ3n) is 5.61. The van der Waals surface area contributed by atoms with Crippen LogP contribution in [0.4, 0.5) is 0 Å². The van der Waals surface area contributed by atoms with Gasteiger partial charge < -0.3 is 14.9 Å². The van der Waals surface area contributed by atoms with Crippen LogP contribution >= 0.6 is 0 Å². The number of β-amino-alcohol motifs (C(OH)–C–C–N with tert-alkyl or cyclic N) is 1. The molecular weight excluding hydrogens is 366 g/mol. The van der Waals surface area contributed by atoms with Gasteiger partial charge in [-0.2, -0.15) is 5.26 Å². The van der Waals surface area contributed by atoms with Gasteiger partial charge in [-0.3, -0.25) is 9.88 Å². The summed E-state index contributed by atoms with van der Waals surface area (Å²) in [5, 5.41) is 28.6. The first-order valence-electron chi connectivity index (χ1n) is 10.3. The number of rotatable bonds is 5. The van der Waals surface area contributed by atoms with Gasteiger partial charge in [-0.15, -0.1) is 0 Å². The summed E-state index contributed by atoms with van der Waals surface area (Å²) in [5.41, 5.74) is 1.23. The van der Waals surface area contributed by atoms with Crippen LogP contribution in [0.2, 0.25) is 0 Å². The van der Waals surface area contributed by atoms with E-state index < -0.39 is 6.10 Å². The number of aliphatic hydroxyl groups is 1. The van der Waals surface area contributed by atoms with Gasteiger partial charge in [0.15, 0.2) is 0 Å². The molecule has 0 spiro atoms. The second-order valence-electron chi connectivity index (χ2n) is 7.54. The molecule has 6 nitrogen and oxygen atoms in total. The van der Waals surface area contributed by atoms with Gasteiger partial charge in [-0.1, -0.05) is 13.8 Å². The fraction of sp³-hybridized carbons (Fsp3) is 0.478. The van der Waals surface area contributed by atoms with E-state index in [1.54, 1.807) is 24.3 Å². The number of hydrogen-bond acceptors (Lipinski definition) is 6. The van der Waals surface area contributed by atoms with Crippen molar-refractivity contribution in [3.63, 3.8) is 0 Å². The number of aromatic nitrogens is 1. The molecule has 4 rings (SSSR count). The summed E-state index contributed by atoms with van der Waals surface area (Å²) in [7, 11) is 0. The van der Waals surface area contributed by atoms with Crippen molar-refractivity contribution in [2.45, 2.75) is 38.9 Å². The molecule has 1 aromatic carbocycles. The molecule has 1 aliphatic carbocycles. The minimum absolute atomic E-state index is 0.106. The average molecular weight is 396 g/mol. The summed E-state index contributed by atoms with van der Waals surface area (Å²) >= 11 is 0. The Morgan fingerprint density at radius 2 is 1.79 bits per heavy atom. The summed E-state index contributed by atoms with van der Waals surface area (Å²) in [5.74, 6) is 2.11. The molecule has 2 fully saturated rings. The highest BCUT2D eigenvalue weighted by atomic mass is 16.5. The molecule has 1 saturated carbocycles. The molecular formula is C23H29N3O3. The number of benzene rings is 1. The van der Waals surface area contributed by atoms with Crippen LogP contribution in [0.1, 0.15) is 44.1 Å². The van der Waals surface area contributed by atoms with Gasteiger partial charge in [-0.25, -0.2) is 0 Å². The van der Waals surface area contributed by atoms with Gasteiger partial charge in [0.2, 0.25) is 0 Å². The van der Waals surface area contributed by atoms with E-state index >= 15 is 0 Å². The first-order chi connectivity index (χ1) is 14.1. The highest BCUT2D eigenvalue weighted by Gasteiger charge is 2.42. The Kier molecular flexibility index (Phi) is 7.08. The zero-order valence-corrected chi connectivity index (χ0v) is 17.0. The zero-order valence-electron chi connectivity index (χ0n) is 17.0. The van der Waals surface area contributed by atoms with E-state index in [2.05, 4.69) is 16.0 Å². The number of aromatic hydroxyl groups is 1. The molecule has 0 radical (unpaired) electrons. The van der Waals surface area contributed by atoms with Crippen LogP contribution in [0, 0.1) is 23.2 Å². The van der Waals surface area contributed by atoms with Gasteiger partial charge in [0.25, 0.3) is 0 Å². The predicted molar refractivity (Wildman–Crippen MR) is 110 cm³/mol. The van der Waals surface area contributed by atoms with Gasteiger partial charge in [-0.05, 0) is 61.1 Å². The van der Waals surface area contributed by atoms with Crippen LogP contribution in [-0.4, -0.2) is 45.8 Å². The third kappa shape index (κ3) is 5.26. The molecule has 2 aliphatic rings. The van der Waals surface area contributed by atoms with Crippen molar-refractivity contribution in [2.24, 2.45) is 11.8 Å². The summed E-state index contributed by atoms with van der Waals surface area (Å²) < 4.78 is 6.10. The highest BCUT2D eigenvalue weighted by molar-refractivity contribution is 5.34. The maximum absolute atomic E-state index is 10.4. The number of ether oxygens (including phenoxy) is 1. The van der Waals surface area contributed by atoms with E-state index in [4.69, 9.17) is 10.00 Å². The maximum Gasteiger partial charge on any atom is 0.133 e. The third-order valence-corrected chi connectivity index (χ3v) is 5.61. The summed E-state index contributed by atoms with van der Waals surface area (Å²) in [6.45, 7) is 6.49. The summed E-state index contributed by atoms with van der Waals surface area (Å²) in [6, 6.07) is 12.6. The topological polar surface area (TPSA) is 89.6 Å². The number of pyridine rings is 1. The van der Waals surface area contributed by atoms with E-state index in [-0.39, 0.29) is 11.9 Å². The number of aliphatic hydroxyl groups excluding tert-OH is 1. The van der Waals surface area contributed by atoms with Gasteiger partial charge in [0, 0.05) is 19.6 Å². The van der Waals surface area contributed by atoms with Crippen molar-refractivity contribution in [1.82, 2.24) is 9.88 Å². The lowest BCUT2D eigenvalue weighted by atomic mass is 10.0. The Hall–Kier alpha value is -2.62. The molecule has 2 heterocycles. The van der Waals surface area contributed by atoms with E-state index in [9.17, 15) is 10.2 Å². The minimum atomic E-state index is -0.643. The molecule has 6 heteroatoms. The molecule has 1 aromatic heterocycles. The van der Waals surface area contributed by atoms with Gasteiger partial charge in [0.05, 0.1) is 29.6 Å². The van der Waals surface area contributed by atoms with E-state index in [0.29, 0.717) is 29.6 Å². The number of hydrogen-bond donors (Lipinski definition) is 2. The van der Waals surface area contributed by atoms with Crippen molar-refractivity contribution in [3.05, 3.63) is 53.9 Å². The highest BCUT2D eigenvalue weighted by Crippen LogP contribution is 2.40. The fourth-order valence-corrected chi connectivity index (χ4v) is 4.32. The molecule has 0 amide bonds. The number of fused-ring (bicyclic) bond motifs is 1. The lowest BCUT2D eigenvalue weighted by Crippen LogP contribution is -2.29. The summed E-state index contributed by atoms with van der Waals surface area (Å²) in [6.07, 6.45) is 2.99. The van der Waals surface area contributed by atoms with Crippen LogP contribution in [0.3, 0.4) is 0 Å². The lowest BCUT2D eigenvalue weighted by molar-refractivity contribution is 0.113. The standard InChI is InChI=1S/C21H23N3O3.C2H6/c22-9-14-1-4-18(5-2-14)27-19-7-15-11-24(12-16(15)8-19)13-21(26)20-6-3-17(25)10-23-20;1-2/h1-6,10,15-16,19,21,25-26H,7-8,11-13H2;1-2H3. The van der Waals surface area contributed by atoms with Crippen LogP contribution in [0.15, 0.2) is 42.6 Å².